The minimum Gasteiger partial charge on any atom is -0.492 e. The minimum atomic E-state index is -3.76. The maximum absolute atomic E-state index is 12.6. The van der Waals surface area contributed by atoms with E-state index in [0.29, 0.717) is 17.2 Å². The van der Waals surface area contributed by atoms with E-state index in [9.17, 15) is 13.2 Å². The van der Waals surface area contributed by atoms with Crippen molar-refractivity contribution < 1.29 is 22.7 Å². The second-order valence-electron chi connectivity index (χ2n) is 7.86. The fourth-order valence-corrected chi connectivity index (χ4v) is 4.41. The van der Waals surface area contributed by atoms with Gasteiger partial charge in [0.05, 0.1) is 18.5 Å². The molecule has 35 heavy (non-hydrogen) atoms. The van der Waals surface area contributed by atoms with Crippen molar-refractivity contribution in [3.63, 3.8) is 0 Å². The molecular weight excluding hydrogens is 464 g/mol. The first kappa shape index (κ1) is 24.1. The minimum absolute atomic E-state index is 0.228. The van der Waals surface area contributed by atoms with E-state index in [1.54, 1.807) is 36.4 Å². The number of ether oxygens (including phenoxy) is 2. The monoisotopic (exact) mass is 490 g/mol. The zero-order chi connectivity index (χ0) is 24.7. The number of carbonyl (C=O) groups excluding carboxylic acids is 1. The lowest BCUT2D eigenvalue weighted by Crippen LogP contribution is -2.41. The second kappa shape index (κ2) is 10.9. The van der Waals surface area contributed by atoms with Crippen LogP contribution >= 0.6 is 0 Å². The normalized spacial score (nSPS) is 11.1. The number of carbonyl (C=O) groups is 1. The van der Waals surface area contributed by atoms with Gasteiger partial charge in [-0.25, -0.2) is 8.42 Å². The Labute approximate surface area is 205 Å². The highest BCUT2D eigenvalue weighted by Crippen LogP contribution is 2.33. The van der Waals surface area contributed by atoms with Crippen molar-refractivity contribution in [3.8, 4) is 17.2 Å². The molecule has 4 aromatic carbocycles. The van der Waals surface area contributed by atoms with E-state index < -0.39 is 15.9 Å². The first-order chi connectivity index (χ1) is 16.9. The molecule has 4 rings (SSSR count). The SMILES string of the molecule is CS(=O)(=O)N(CC(=O)NCCOc1ccc2ccccc2c1)c1ccccc1Oc1ccccc1. The van der Waals surface area contributed by atoms with Gasteiger partial charge in [-0.15, -0.1) is 0 Å². The lowest BCUT2D eigenvalue weighted by Gasteiger charge is -2.24. The number of amides is 1. The van der Waals surface area contributed by atoms with Crippen molar-refractivity contribution in [2.75, 3.05) is 30.3 Å². The zero-order valence-electron chi connectivity index (χ0n) is 19.3. The number of hydrogen-bond acceptors (Lipinski definition) is 5. The number of sulfonamides is 1. The molecule has 0 spiro atoms. The van der Waals surface area contributed by atoms with Crippen molar-refractivity contribution in [2.45, 2.75) is 0 Å². The molecule has 0 aliphatic carbocycles. The van der Waals surface area contributed by atoms with Crippen molar-refractivity contribution in [2.24, 2.45) is 0 Å². The fraction of sp³-hybridized carbons (Fsp3) is 0.148. The Morgan fingerprint density at radius 1 is 0.829 bits per heavy atom. The van der Waals surface area contributed by atoms with Crippen LogP contribution in [0.1, 0.15) is 0 Å². The Morgan fingerprint density at radius 2 is 1.51 bits per heavy atom. The molecule has 0 atom stereocenters. The predicted octanol–water partition coefficient (Wildman–Crippen LogP) is 4.59. The van der Waals surface area contributed by atoms with E-state index in [2.05, 4.69) is 5.32 Å². The highest BCUT2D eigenvalue weighted by atomic mass is 32.2. The second-order valence-corrected chi connectivity index (χ2v) is 9.77. The van der Waals surface area contributed by atoms with Crippen LogP contribution in [0.4, 0.5) is 5.69 Å². The number of benzene rings is 4. The standard InChI is InChI=1S/C27H26N2O5S/c1-35(31,32)29(25-13-7-8-14-26(25)34-23-11-3-2-4-12-23)20-27(30)28-17-18-33-24-16-15-21-9-5-6-10-22(21)19-24/h2-16,19H,17-18,20H2,1H3,(H,28,30). The van der Waals surface area contributed by atoms with Crippen LogP contribution in [0, 0.1) is 0 Å². The molecule has 0 radical (unpaired) electrons. The molecule has 1 amide bonds. The van der Waals surface area contributed by atoms with Gasteiger partial charge in [0.25, 0.3) is 0 Å². The van der Waals surface area contributed by atoms with Crippen LogP contribution in [0.3, 0.4) is 0 Å². The smallest absolute Gasteiger partial charge is 0.240 e. The van der Waals surface area contributed by atoms with Gasteiger partial charge < -0.3 is 14.8 Å². The summed E-state index contributed by atoms with van der Waals surface area (Å²) in [5.74, 6) is 1.13. The number of nitrogens with one attached hydrogen (secondary N) is 1. The average Bonchev–Trinajstić information content (AvgIpc) is 2.85. The van der Waals surface area contributed by atoms with E-state index in [4.69, 9.17) is 9.47 Å². The van der Waals surface area contributed by atoms with Gasteiger partial charge in [-0.05, 0) is 47.2 Å². The van der Waals surface area contributed by atoms with E-state index in [-0.39, 0.29) is 25.4 Å². The predicted molar refractivity (Wildman–Crippen MR) is 138 cm³/mol. The maximum atomic E-state index is 12.6. The first-order valence-corrected chi connectivity index (χ1v) is 12.9. The molecule has 7 nitrogen and oxygen atoms in total. The Hall–Kier alpha value is -4.04. The molecule has 8 heteroatoms. The van der Waals surface area contributed by atoms with Crippen LogP contribution in [0.15, 0.2) is 97.1 Å². The third kappa shape index (κ3) is 6.51. The van der Waals surface area contributed by atoms with E-state index in [1.165, 1.54) is 0 Å². The summed E-state index contributed by atoms with van der Waals surface area (Å²) in [5, 5.41) is 4.90. The van der Waals surface area contributed by atoms with Crippen LogP contribution < -0.4 is 19.1 Å². The molecule has 4 aromatic rings. The molecule has 0 aliphatic rings. The van der Waals surface area contributed by atoms with Crippen LogP contribution in [0.2, 0.25) is 0 Å². The molecule has 0 unspecified atom stereocenters. The number of para-hydroxylation sites is 3. The zero-order valence-corrected chi connectivity index (χ0v) is 20.1. The molecule has 0 bridgehead atoms. The highest BCUT2D eigenvalue weighted by molar-refractivity contribution is 7.92. The summed E-state index contributed by atoms with van der Waals surface area (Å²) >= 11 is 0. The van der Waals surface area contributed by atoms with E-state index in [0.717, 1.165) is 21.3 Å². The third-order valence-corrected chi connectivity index (χ3v) is 6.33. The molecule has 180 valence electrons. The summed E-state index contributed by atoms with van der Waals surface area (Å²) in [6, 6.07) is 29.5. The Balaban J connectivity index is 1.38. The molecule has 0 saturated carbocycles. The van der Waals surface area contributed by atoms with Gasteiger partial charge in [-0.1, -0.05) is 60.7 Å². The Bertz CT molecular complexity index is 1410. The van der Waals surface area contributed by atoms with Gasteiger partial charge in [-0.2, -0.15) is 0 Å². The maximum Gasteiger partial charge on any atom is 0.240 e. The number of rotatable bonds is 10. The number of nitrogens with zero attached hydrogens (tertiary/aromatic N) is 1. The van der Waals surface area contributed by atoms with Crippen molar-refractivity contribution in [1.29, 1.82) is 0 Å². The van der Waals surface area contributed by atoms with Crippen LogP contribution in [-0.4, -0.2) is 40.3 Å². The molecule has 0 aromatic heterocycles. The van der Waals surface area contributed by atoms with Crippen molar-refractivity contribution in [1.82, 2.24) is 5.32 Å². The van der Waals surface area contributed by atoms with Crippen molar-refractivity contribution in [3.05, 3.63) is 97.1 Å². The first-order valence-electron chi connectivity index (χ1n) is 11.1. The number of hydrogen-bond donors (Lipinski definition) is 1. The summed E-state index contributed by atoms with van der Waals surface area (Å²) in [7, 11) is -3.76. The van der Waals surface area contributed by atoms with E-state index >= 15 is 0 Å². The highest BCUT2D eigenvalue weighted by Gasteiger charge is 2.24. The summed E-state index contributed by atoms with van der Waals surface area (Å²) in [6.07, 6.45) is 1.06. The topological polar surface area (TPSA) is 84.9 Å². The van der Waals surface area contributed by atoms with Crippen LogP contribution in [0.5, 0.6) is 17.2 Å². The van der Waals surface area contributed by atoms with Crippen LogP contribution in [0.25, 0.3) is 10.8 Å². The van der Waals surface area contributed by atoms with Gasteiger partial charge in [0.15, 0.2) is 5.75 Å². The molecule has 0 aliphatic heterocycles. The third-order valence-electron chi connectivity index (χ3n) is 5.21. The lowest BCUT2D eigenvalue weighted by atomic mass is 10.1. The van der Waals surface area contributed by atoms with Gasteiger partial charge in [-0.3, -0.25) is 9.10 Å². The summed E-state index contributed by atoms with van der Waals surface area (Å²) in [6.45, 7) is 0.0893. The molecular formula is C27H26N2O5S. The van der Waals surface area contributed by atoms with Crippen LogP contribution in [-0.2, 0) is 14.8 Å². The van der Waals surface area contributed by atoms with E-state index in [1.807, 2.05) is 60.7 Å². The molecule has 0 saturated heterocycles. The lowest BCUT2D eigenvalue weighted by molar-refractivity contribution is -0.119. The number of anilines is 1. The van der Waals surface area contributed by atoms with Gasteiger partial charge in [0, 0.05) is 0 Å². The summed E-state index contributed by atoms with van der Waals surface area (Å²) in [5.41, 5.74) is 0.279. The Morgan fingerprint density at radius 3 is 2.29 bits per heavy atom. The van der Waals surface area contributed by atoms with Crippen molar-refractivity contribution >= 4 is 32.4 Å². The summed E-state index contributed by atoms with van der Waals surface area (Å²) < 4.78 is 37.8. The summed E-state index contributed by atoms with van der Waals surface area (Å²) in [4.78, 5) is 12.6. The number of fused-ring (bicyclic) bond motifs is 1. The molecule has 0 fully saturated rings. The van der Waals surface area contributed by atoms with Gasteiger partial charge >= 0.3 is 0 Å². The Kier molecular flexibility index (Phi) is 7.52. The average molecular weight is 491 g/mol. The fourth-order valence-electron chi connectivity index (χ4n) is 3.55. The van der Waals surface area contributed by atoms with Gasteiger partial charge in [0.1, 0.15) is 24.7 Å². The molecule has 1 N–H and O–H groups in total. The quantitative estimate of drug-likeness (QED) is 0.329. The molecule has 0 heterocycles. The largest absolute Gasteiger partial charge is 0.492 e. The van der Waals surface area contributed by atoms with Gasteiger partial charge in [0.2, 0.25) is 15.9 Å².